The molecule has 1 aliphatic heterocycles. The van der Waals surface area contributed by atoms with Crippen LogP contribution in [-0.4, -0.2) is 70.7 Å². The van der Waals surface area contributed by atoms with Crippen molar-refractivity contribution >= 4 is 17.3 Å². The minimum atomic E-state index is -0.369. The van der Waals surface area contributed by atoms with E-state index in [1.165, 1.54) is 0 Å². The molecule has 0 aromatic heterocycles. The summed E-state index contributed by atoms with van der Waals surface area (Å²) in [6.07, 6.45) is 1.71. The third-order valence-electron chi connectivity index (χ3n) is 5.23. The molecular formula is C21H32N2O7. The van der Waals surface area contributed by atoms with Crippen LogP contribution in [-0.2, 0) is 23.7 Å². The van der Waals surface area contributed by atoms with E-state index in [0.717, 1.165) is 12.8 Å². The number of hydrogen-bond acceptors (Lipinski definition) is 8. The maximum absolute atomic E-state index is 12.0. The van der Waals surface area contributed by atoms with Crippen LogP contribution in [0.4, 0.5) is 11.4 Å². The first kappa shape index (κ1) is 24.0. The highest BCUT2D eigenvalue weighted by molar-refractivity contribution is 5.71. The first-order chi connectivity index (χ1) is 14.5. The van der Waals surface area contributed by atoms with E-state index in [0.29, 0.717) is 37.6 Å². The van der Waals surface area contributed by atoms with E-state index >= 15 is 0 Å². The van der Waals surface area contributed by atoms with Crippen molar-refractivity contribution in [3.8, 4) is 0 Å². The van der Waals surface area contributed by atoms with Gasteiger partial charge in [-0.25, -0.2) is 0 Å². The lowest BCUT2D eigenvalue weighted by molar-refractivity contribution is -0.384. The zero-order chi connectivity index (χ0) is 21.9. The van der Waals surface area contributed by atoms with Gasteiger partial charge in [0.2, 0.25) is 0 Å². The van der Waals surface area contributed by atoms with Crippen molar-refractivity contribution in [2.45, 2.75) is 38.1 Å². The molecule has 2 rings (SSSR count). The maximum atomic E-state index is 12.0. The summed E-state index contributed by atoms with van der Waals surface area (Å²) in [4.78, 5) is 25.6. The standard InChI is InChI=1S/C21H32N2O7/c1-4-30-21(24)14-17(15-28-3)16-5-6-19(20(13-16)23(25)26)22(9-12-27-2)18-7-10-29-11-8-18/h5-6,13,17-18H,4,7-12,14-15H2,1-3H3. The van der Waals surface area contributed by atoms with Gasteiger partial charge in [0.1, 0.15) is 5.69 Å². The first-order valence-corrected chi connectivity index (χ1v) is 10.3. The van der Waals surface area contributed by atoms with Crippen molar-refractivity contribution in [2.75, 3.05) is 58.7 Å². The van der Waals surface area contributed by atoms with E-state index in [1.807, 2.05) is 11.0 Å². The van der Waals surface area contributed by atoms with Crippen LogP contribution in [0.25, 0.3) is 0 Å². The van der Waals surface area contributed by atoms with E-state index in [-0.39, 0.29) is 48.2 Å². The quantitative estimate of drug-likeness (QED) is 0.287. The molecule has 0 bridgehead atoms. The fourth-order valence-electron chi connectivity index (χ4n) is 3.76. The summed E-state index contributed by atoms with van der Waals surface area (Å²) < 4.78 is 21.0. The molecule has 0 amide bonds. The highest BCUT2D eigenvalue weighted by atomic mass is 16.6. The number of rotatable bonds is 12. The van der Waals surface area contributed by atoms with Gasteiger partial charge in [-0.05, 0) is 31.4 Å². The van der Waals surface area contributed by atoms with Crippen molar-refractivity contribution in [3.05, 3.63) is 33.9 Å². The molecule has 0 radical (unpaired) electrons. The second-order valence-corrected chi connectivity index (χ2v) is 7.20. The molecule has 0 spiro atoms. The molecule has 1 heterocycles. The molecule has 168 valence electrons. The fraction of sp³-hybridized carbons (Fsp3) is 0.667. The Morgan fingerprint density at radius 3 is 2.63 bits per heavy atom. The molecule has 1 saturated heterocycles. The van der Waals surface area contributed by atoms with Gasteiger partial charge in [0.15, 0.2) is 0 Å². The molecule has 30 heavy (non-hydrogen) atoms. The molecule has 1 fully saturated rings. The van der Waals surface area contributed by atoms with Crippen molar-refractivity contribution < 1.29 is 28.7 Å². The Bertz CT molecular complexity index is 692. The van der Waals surface area contributed by atoms with Crippen LogP contribution < -0.4 is 4.90 Å². The van der Waals surface area contributed by atoms with Gasteiger partial charge in [-0.2, -0.15) is 0 Å². The van der Waals surface area contributed by atoms with Crippen LogP contribution in [0.1, 0.15) is 37.7 Å². The van der Waals surface area contributed by atoms with Gasteiger partial charge in [0.05, 0.1) is 31.2 Å². The Labute approximate surface area is 177 Å². The summed E-state index contributed by atoms with van der Waals surface area (Å²) in [7, 11) is 3.16. The Balaban J connectivity index is 2.37. The van der Waals surface area contributed by atoms with E-state index in [9.17, 15) is 14.9 Å². The van der Waals surface area contributed by atoms with Crippen molar-refractivity contribution in [1.29, 1.82) is 0 Å². The van der Waals surface area contributed by atoms with Crippen LogP contribution in [0.2, 0.25) is 0 Å². The summed E-state index contributed by atoms with van der Waals surface area (Å²) in [5, 5.41) is 11.9. The van der Waals surface area contributed by atoms with Gasteiger partial charge >= 0.3 is 5.97 Å². The van der Waals surface area contributed by atoms with Crippen molar-refractivity contribution in [2.24, 2.45) is 0 Å². The minimum Gasteiger partial charge on any atom is -0.466 e. The van der Waals surface area contributed by atoms with Crippen molar-refractivity contribution in [1.82, 2.24) is 0 Å². The molecule has 0 aliphatic carbocycles. The normalized spacial score (nSPS) is 15.6. The van der Waals surface area contributed by atoms with Gasteiger partial charge in [-0.3, -0.25) is 14.9 Å². The predicted octanol–water partition coefficient (Wildman–Crippen LogP) is 2.91. The van der Waals surface area contributed by atoms with E-state index in [4.69, 9.17) is 18.9 Å². The average Bonchev–Trinajstić information content (AvgIpc) is 2.74. The number of hydrogen-bond donors (Lipinski definition) is 0. The van der Waals surface area contributed by atoms with Crippen LogP contribution in [0.5, 0.6) is 0 Å². The van der Waals surface area contributed by atoms with Gasteiger partial charge in [-0.1, -0.05) is 6.07 Å². The zero-order valence-corrected chi connectivity index (χ0v) is 18.0. The highest BCUT2D eigenvalue weighted by Crippen LogP contribution is 2.35. The fourth-order valence-corrected chi connectivity index (χ4v) is 3.76. The Hall–Kier alpha value is -2.23. The number of methoxy groups -OCH3 is 2. The molecule has 1 aromatic rings. The molecular weight excluding hydrogens is 392 g/mol. The number of esters is 1. The summed E-state index contributed by atoms with van der Waals surface area (Å²) >= 11 is 0. The third-order valence-corrected chi connectivity index (χ3v) is 5.23. The smallest absolute Gasteiger partial charge is 0.306 e. The molecule has 1 aromatic carbocycles. The Morgan fingerprint density at radius 1 is 1.30 bits per heavy atom. The zero-order valence-electron chi connectivity index (χ0n) is 18.0. The molecule has 0 saturated carbocycles. The Kier molecular flexibility index (Phi) is 9.99. The summed E-state index contributed by atoms with van der Waals surface area (Å²) in [5.41, 5.74) is 1.25. The number of carbonyl (C=O) groups is 1. The SMILES string of the molecule is CCOC(=O)CC(COC)c1ccc(N(CCOC)C2CCOCC2)c([N+](=O)[O-])c1. The number of anilines is 1. The van der Waals surface area contributed by atoms with Gasteiger partial charge in [-0.15, -0.1) is 0 Å². The summed E-state index contributed by atoms with van der Waals surface area (Å²) in [6, 6.07) is 5.31. The van der Waals surface area contributed by atoms with Crippen LogP contribution >= 0.6 is 0 Å². The van der Waals surface area contributed by atoms with Crippen LogP contribution in [0.15, 0.2) is 18.2 Å². The summed E-state index contributed by atoms with van der Waals surface area (Å²) in [6.45, 7) is 4.58. The number of nitro groups is 1. The number of benzene rings is 1. The lowest BCUT2D eigenvalue weighted by Gasteiger charge is -2.35. The Morgan fingerprint density at radius 2 is 2.03 bits per heavy atom. The molecule has 9 nitrogen and oxygen atoms in total. The first-order valence-electron chi connectivity index (χ1n) is 10.3. The number of nitro benzene ring substituents is 1. The topological polar surface area (TPSA) is 100 Å². The van der Waals surface area contributed by atoms with Crippen LogP contribution in [0.3, 0.4) is 0 Å². The monoisotopic (exact) mass is 424 g/mol. The van der Waals surface area contributed by atoms with Crippen molar-refractivity contribution in [3.63, 3.8) is 0 Å². The molecule has 0 N–H and O–H groups in total. The number of nitrogens with zero attached hydrogens (tertiary/aromatic N) is 2. The van der Waals surface area contributed by atoms with Gasteiger partial charge < -0.3 is 23.8 Å². The predicted molar refractivity (Wildman–Crippen MR) is 112 cm³/mol. The maximum Gasteiger partial charge on any atom is 0.306 e. The largest absolute Gasteiger partial charge is 0.466 e. The van der Waals surface area contributed by atoms with Gasteiger partial charge in [0.25, 0.3) is 5.69 Å². The molecule has 1 aliphatic rings. The average molecular weight is 424 g/mol. The highest BCUT2D eigenvalue weighted by Gasteiger charge is 2.29. The molecule has 1 atom stereocenters. The second-order valence-electron chi connectivity index (χ2n) is 7.20. The summed E-state index contributed by atoms with van der Waals surface area (Å²) in [5.74, 6) is -0.674. The lowest BCUT2D eigenvalue weighted by Crippen LogP contribution is -2.41. The third kappa shape index (κ3) is 6.65. The van der Waals surface area contributed by atoms with E-state index in [1.54, 1.807) is 33.3 Å². The number of carbonyl (C=O) groups excluding carboxylic acids is 1. The van der Waals surface area contributed by atoms with Gasteiger partial charge in [0, 0.05) is 52.0 Å². The molecule has 9 heteroatoms. The number of ether oxygens (including phenoxy) is 4. The van der Waals surface area contributed by atoms with E-state index in [2.05, 4.69) is 0 Å². The second kappa shape index (κ2) is 12.5. The minimum absolute atomic E-state index is 0.0139. The lowest BCUT2D eigenvalue weighted by atomic mass is 9.95. The molecule has 1 unspecified atom stereocenters. The van der Waals surface area contributed by atoms with Crippen LogP contribution in [0, 0.1) is 10.1 Å². The van der Waals surface area contributed by atoms with E-state index < -0.39 is 0 Å².